The Kier molecular flexibility index (Phi) is 4.91. The summed E-state index contributed by atoms with van der Waals surface area (Å²) in [7, 11) is 0. The summed E-state index contributed by atoms with van der Waals surface area (Å²) in [5.74, 6) is 1.87. The van der Waals surface area contributed by atoms with Crippen molar-refractivity contribution in [3.8, 4) is 17.4 Å². The van der Waals surface area contributed by atoms with Gasteiger partial charge in [0, 0.05) is 23.4 Å². The van der Waals surface area contributed by atoms with Crippen LogP contribution in [0.15, 0.2) is 71.7 Å². The summed E-state index contributed by atoms with van der Waals surface area (Å²) in [6.07, 6.45) is 0.840. The molecule has 2 heterocycles. The van der Waals surface area contributed by atoms with E-state index in [0.717, 1.165) is 28.5 Å². The van der Waals surface area contributed by atoms with Gasteiger partial charge in [0.2, 0.25) is 11.8 Å². The minimum absolute atomic E-state index is 0.0139. The van der Waals surface area contributed by atoms with Crippen LogP contribution in [0.25, 0.3) is 10.9 Å². The van der Waals surface area contributed by atoms with Crippen molar-refractivity contribution in [3.63, 3.8) is 0 Å². The molecule has 2 aliphatic rings. The molecule has 0 saturated heterocycles. The molecule has 1 aromatic heterocycles. The maximum atomic E-state index is 10.4. The van der Waals surface area contributed by atoms with Gasteiger partial charge in [-0.2, -0.15) is 0 Å². The molecule has 5 heteroatoms. The Morgan fingerprint density at radius 1 is 1.03 bits per heavy atom. The molecule has 1 aliphatic heterocycles. The first-order valence-corrected chi connectivity index (χ1v) is 12.4. The van der Waals surface area contributed by atoms with Crippen molar-refractivity contribution in [1.29, 1.82) is 0 Å². The number of rotatable bonds is 3. The summed E-state index contributed by atoms with van der Waals surface area (Å²) < 4.78 is 12.8. The van der Waals surface area contributed by atoms with Gasteiger partial charge in [0.1, 0.15) is 28.7 Å². The second-order valence-corrected chi connectivity index (χ2v) is 11.2. The van der Waals surface area contributed by atoms with Crippen molar-refractivity contribution >= 4 is 16.8 Å². The van der Waals surface area contributed by atoms with Gasteiger partial charge in [-0.05, 0) is 77.9 Å². The number of nitrogens with zero attached hydrogens (tertiary/aromatic N) is 2. The van der Waals surface area contributed by atoms with Crippen molar-refractivity contribution in [2.75, 3.05) is 0 Å². The van der Waals surface area contributed by atoms with Crippen molar-refractivity contribution in [3.05, 3.63) is 94.5 Å². The summed E-state index contributed by atoms with van der Waals surface area (Å²) in [4.78, 5) is 9.63. The van der Waals surface area contributed by atoms with E-state index in [2.05, 4.69) is 63.0 Å². The van der Waals surface area contributed by atoms with Crippen LogP contribution in [0.5, 0.6) is 17.4 Å². The van der Waals surface area contributed by atoms with E-state index in [1.54, 1.807) is 6.07 Å². The Bertz CT molecular complexity index is 1550. The fourth-order valence-electron chi connectivity index (χ4n) is 5.30. The Morgan fingerprint density at radius 3 is 2.64 bits per heavy atom. The zero-order chi connectivity index (χ0) is 25.2. The predicted molar refractivity (Wildman–Crippen MR) is 142 cm³/mol. The largest absolute Gasteiger partial charge is 0.506 e. The molecular formula is C31H30N2O3. The quantitative estimate of drug-likeness (QED) is 0.339. The number of hydrogen-bond donors (Lipinski definition) is 1. The topological polar surface area (TPSA) is 63.9 Å². The van der Waals surface area contributed by atoms with E-state index in [-0.39, 0.29) is 22.8 Å². The Hall–Kier alpha value is -3.86. The molecule has 3 aromatic carbocycles. The number of benzene rings is 3. The fourth-order valence-corrected chi connectivity index (χ4v) is 5.30. The van der Waals surface area contributed by atoms with E-state index in [4.69, 9.17) is 14.5 Å². The molecule has 0 bridgehead atoms. The fraction of sp³-hybridized carbons (Fsp3) is 0.290. The van der Waals surface area contributed by atoms with Crippen LogP contribution < -0.4 is 4.74 Å². The lowest BCUT2D eigenvalue weighted by atomic mass is 9.86. The number of aromatic nitrogens is 1. The molecule has 4 aromatic rings. The lowest BCUT2D eigenvalue weighted by molar-refractivity contribution is 0.0891. The van der Waals surface area contributed by atoms with Crippen LogP contribution in [0.3, 0.4) is 0 Å². The third kappa shape index (κ3) is 3.79. The molecule has 36 heavy (non-hydrogen) atoms. The van der Waals surface area contributed by atoms with Crippen molar-refractivity contribution in [2.24, 2.45) is 4.99 Å². The molecule has 0 fully saturated rings. The molecule has 1 N–H and O–H groups in total. The average Bonchev–Trinajstić information content (AvgIpc) is 3.29. The van der Waals surface area contributed by atoms with Gasteiger partial charge in [-0.3, -0.25) is 0 Å². The van der Waals surface area contributed by atoms with Crippen molar-refractivity contribution < 1.29 is 14.6 Å². The summed E-state index contributed by atoms with van der Waals surface area (Å²) in [5.41, 5.74) is 5.58. The zero-order valence-electron chi connectivity index (χ0n) is 21.3. The molecule has 0 radical (unpaired) electrons. The van der Waals surface area contributed by atoms with E-state index in [1.165, 1.54) is 11.1 Å². The molecule has 0 spiro atoms. The minimum atomic E-state index is -0.382. The molecule has 1 aliphatic carbocycles. The highest BCUT2D eigenvalue weighted by Gasteiger charge is 2.49. The van der Waals surface area contributed by atoms with Crippen LogP contribution in [0.4, 0.5) is 0 Å². The number of aromatic hydroxyl groups is 1. The number of hydrogen-bond acceptors (Lipinski definition) is 5. The minimum Gasteiger partial charge on any atom is -0.506 e. The third-order valence-corrected chi connectivity index (χ3v) is 7.18. The van der Waals surface area contributed by atoms with E-state index < -0.39 is 0 Å². The van der Waals surface area contributed by atoms with Crippen molar-refractivity contribution in [1.82, 2.24) is 4.98 Å². The number of aryl methyl sites for hydroxylation is 1. The molecule has 5 nitrogen and oxygen atoms in total. The smallest absolute Gasteiger partial charge is 0.219 e. The van der Waals surface area contributed by atoms with E-state index in [0.29, 0.717) is 23.0 Å². The van der Waals surface area contributed by atoms with Crippen LogP contribution in [0.1, 0.15) is 61.6 Å². The number of phenols is 1. The van der Waals surface area contributed by atoms with Crippen LogP contribution in [-0.4, -0.2) is 21.6 Å². The van der Waals surface area contributed by atoms with E-state index in [1.807, 2.05) is 37.3 Å². The van der Waals surface area contributed by atoms with Crippen LogP contribution >= 0.6 is 0 Å². The van der Waals surface area contributed by atoms with Gasteiger partial charge in [-0.1, -0.05) is 45.0 Å². The summed E-state index contributed by atoms with van der Waals surface area (Å²) in [6.45, 7) is 10.6. The highest BCUT2D eigenvalue weighted by molar-refractivity contribution is 5.97. The average molecular weight is 479 g/mol. The third-order valence-electron chi connectivity index (χ3n) is 7.18. The Morgan fingerprint density at radius 2 is 1.83 bits per heavy atom. The van der Waals surface area contributed by atoms with Crippen LogP contribution in [-0.2, 0) is 16.6 Å². The molecule has 0 saturated carbocycles. The van der Waals surface area contributed by atoms with Crippen LogP contribution in [0, 0.1) is 6.92 Å². The number of ether oxygens (including phenoxy) is 2. The standard InChI is InChI=1S/C31H30N2O3/c1-18-12-19-10-11-26(32-27(19)25(34)13-18)35-23-15-21(14-22(16-23)30(2,3)4)29-33-28-24-9-7-6-8-20(24)17-31(28,5)36-29/h6-16,28,34H,17H2,1-5H3/t28-,31+/m0/s1. The van der Waals surface area contributed by atoms with Crippen LogP contribution in [0.2, 0.25) is 0 Å². The highest BCUT2D eigenvalue weighted by Crippen LogP contribution is 2.48. The first-order chi connectivity index (χ1) is 17.1. The molecule has 0 unspecified atom stereocenters. The van der Waals surface area contributed by atoms with Gasteiger partial charge in [-0.15, -0.1) is 0 Å². The first kappa shape index (κ1) is 22.6. The highest BCUT2D eigenvalue weighted by atomic mass is 16.5. The monoisotopic (exact) mass is 478 g/mol. The van der Waals surface area contributed by atoms with Gasteiger partial charge in [0.05, 0.1) is 0 Å². The predicted octanol–water partition coefficient (Wildman–Crippen LogP) is 7.17. The molecule has 182 valence electrons. The number of fused-ring (bicyclic) bond motifs is 4. The van der Waals surface area contributed by atoms with E-state index in [9.17, 15) is 5.11 Å². The SMILES string of the molecule is Cc1cc(O)c2nc(Oc3cc(C4=N[C@H]5c6ccccc6C[C@@]5(C)O4)cc(C(C)(C)C)c3)ccc2c1. The Labute approximate surface area is 211 Å². The normalized spacial score (nSPS) is 20.6. The second kappa shape index (κ2) is 7.82. The molecule has 2 atom stereocenters. The lowest BCUT2D eigenvalue weighted by Crippen LogP contribution is -2.29. The Balaban J connectivity index is 1.39. The van der Waals surface area contributed by atoms with Gasteiger partial charge in [-0.25, -0.2) is 9.98 Å². The number of phenolic OH excluding ortho intramolecular Hbond substituents is 1. The molecular weight excluding hydrogens is 448 g/mol. The maximum Gasteiger partial charge on any atom is 0.219 e. The van der Waals surface area contributed by atoms with Gasteiger partial charge in [0.25, 0.3) is 0 Å². The first-order valence-electron chi connectivity index (χ1n) is 12.4. The van der Waals surface area contributed by atoms with Gasteiger partial charge >= 0.3 is 0 Å². The van der Waals surface area contributed by atoms with Gasteiger partial charge < -0.3 is 14.6 Å². The van der Waals surface area contributed by atoms with Crippen molar-refractivity contribution in [2.45, 2.75) is 58.1 Å². The zero-order valence-corrected chi connectivity index (χ0v) is 21.3. The second-order valence-electron chi connectivity index (χ2n) is 11.2. The number of aliphatic imine (C=N–C) groups is 1. The molecule has 0 amide bonds. The maximum absolute atomic E-state index is 10.4. The lowest BCUT2D eigenvalue weighted by Gasteiger charge is -2.24. The number of pyridine rings is 1. The van der Waals surface area contributed by atoms with Gasteiger partial charge in [0.15, 0.2) is 0 Å². The summed E-state index contributed by atoms with van der Waals surface area (Å²) in [5, 5.41) is 11.3. The van der Waals surface area contributed by atoms with E-state index >= 15 is 0 Å². The molecule has 6 rings (SSSR count). The summed E-state index contributed by atoms with van der Waals surface area (Å²) >= 11 is 0. The summed E-state index contributed by atoms with van der Waals surface area (Å²) in [6, 6.07) is 22.1.